The number of nitrogens with one attached hydrogen (secondary N) is 1. The third-order valence-electron chi connectivity index (χ3n) is 3.10. The maximum absolute atomic E-state index is 4.44. The summed E-state index contributed by atoms with van der Waals surface area (Å²) in [4.78, 5) is 8.74. The van der Waals surface area contributed by atoms with Crippen LogP contribution in [0.1, 0.15) is 62.9 Å². The van der Waals surface area contributed by atoms with Gasteiger partial charge in [0.05, 0.1) is 23.6 Å². The minimum atomic E-state index is 0.352. The molecular weight excluding hydrogens is 210 g/mol. The number of aromatic nitrogens is 2. The molecule has 1 aromatic rings. The Morgan fingerprint density at radius 1 is 1.12 bits per heavy atom. The molecule has 0 aliphatic heterocycles. The lowest BCUT2D eigenvalue weighted by molar-refractivity contribution is 0.490. The van der Waals surface area contributed by atoms with Gasteiger partial charge in [0.2, 0.25) is 0 Å². The molecule has 0 aliphatic rings. The van der Waals surface area contributed by atoms with Crippen LogP contribution in [0.15, 0.2) is 12.4 Å². The van der Waals surface area contributed by atoms with Crippen molar-refractivity contribution in [1.82, 2.24) is 15.3 Å². The van der Waals surface area contributed by atoms with Crippen molar-refractivity contribution in [3.05, 3.63) is 23.8 Å². The molecule has 0 saturated heterocycles. The van der Waals surface area contributed by atoms with E-state index >= 15 is 0 Å². The monoisotopic (exact) mass is 235 g/mol. The standard InChI is InChI=1S/C14H25N3/c1-4-5-6-7-8-9-13(15-3)14-11-16-12(2)10-17-14/h10-11,13,15H,4-9H2,1-3H3. The molecule has 1 rings (SSSR count). The summed E-state index contributed by atoms with van der Waals surface area (Å²) in [5.41, 5.74) is 2.04. The first-order chi connectivity index (χ1) is 8.27. The van der Waals surface area contributed by atoms with Gasteiger partial charge < -0.3 is 5.32 Å². The van der Waals surface area contributed by atoms with E-state index in [2.05, 4.69) is 22.2 Å². The van der Waals surface area contributed by atoms with E-state index in [1.54, 1.807) is 0 Å². The van der Waals surface area contributed by atoms with Crippen LogP contribution >= 0.6 is 0 Å². The van der Waals surface area contributed by atoms with Gasteiger partial charge in [-0.1, -0.05) is 39.0 Å². The minimum Gasteiger partial charge on any atom is -0.312 e. The summed E-state index contributed by atoms with van der Waals surface area (Å²) >= 11 is 0. The second-order valence-corrected chi connectivity index (χ2v) is 4.63. The molecule has 96 valence electrons. The fourth-order valence-electron chi connectivity index (χ4n) is 1.97. The van der Waals surface area contributed by atoms with E-state index in [0.29, 0.717) is 6.04 Å². The maximum Gasteiger partial charge on any atom is 0.0756 e. The predicted octanol–water partition coefficient (Wildman–Crippen LogP) is 3.41. The van der Waals surface area contributed by atoms with Gasteiger partial charge in [-0.2, -0.15) is 0 Å². The number of nitrogens with zero attached hydrogens (tertiary/aromatic N) is 2. The summed E-state index contributed by atoms with van der Waals surface area (Å²) in [6.45, 7) is 4.22. The van der Waals surface area contributed by atoms with Gasteiger partial charge in [-0.3, -0.25) is 9.97 Å². The molecule has 0 spiro atoms. The van der Waals surface area contributed by atoms with Crippen molar-refractivity contribution in [3.8, 4) is 0 Å². The van der Waals surface area contributed by atoms with Crippen LogP contribution < -0.4 is 5.32 Å². The van der Waals surface area contributed by atoms with Gasteiger partial charge in [0.15, 0.2) is 0 Å². The van der Waals surface area contributed by atoms with Crippen LogP contribution in [0.25, 0.3) is 0 Å². The smallest absolute Gasteiger partial charge is 0.0756 e. The Balaban J connectivity index is 2.35. The summed E-state index contributed by atoms with van der Waals surface area (Å²) in [5, 5.41) is 3.33. The first-order valence-corrected chi connectivity index (χ1v) is 6.73. The Morgan fingerprint density at radius 3 is 2.47 bits per heavy atom. The molecule has 0 fully saturated rings. The van der Waals surface area contributed by atoms with Gasteiger partial charge in [-0.05, 0) is 20.4 Å². The highest BCUT2D eigenvalue weighted by Gasteiger charge is 2.10. The third-order valence-corrected chi connectivity index (χ3v) is 3.10. The Hall–Kier alpha value is -0.960. The minimum absolute atomic E-state index is 0.352. The van der Waals surface area contributed by atoms with E-state index in [0.717, 1.165) is 17.8 Å². The molecule has 17 heavy (non-hydrogen) atoms. The third kappa shape index (κ3) is 5.26. The van der Waals surface area contributed by atoms with Crippen LogP contribution in [-0.2, 0) is 0 Å². The first kappa shape index (κ1) is 14.1. The van der Waals surface area contributed by atoms with Crippen LogP contribution in [0.4, 0.5) is 0 Å². The Bertz CT molecular complexity index is 295. The van der Waals surface area contributed by atoms with Gasteiger partial charge >= 0.3 is 0 Å². The molecule has 0 bridgehead atoms. The lowest BCUT2D eigenvalue weighted by Crippen LogP contribution is -2.17. The van der Waals surface area contributed by atoms with E-state index < -0.39 is 0 Å². The molecule has 3 heteroatoms. The Kier molecular flexibility index (Phi) is 6.78. The van der Waals surface area contributed by atoms with Crippen LogP contribution in [0.3, 0.4) is 0 Å². The maximum atomic E-state index is 4.44. The second kappa shape index (κ2) is 8.18. The van der Waals surface area contributed by atoms with E-state index in [1.165, 1.54) is 32.1 Å². The summed E-state index contributed by atoms with van der Waals surface area (Å²) in [7, 11) is 2.00. The molecule has 1 N–H and O–H groups in total. The number of unbranched alkanes of at least 4 members (excludes halogenated alkanes) is 4. The number of hydrogen-bond donors (Lipinski definition) is 1. The van der Waals surface area contributed by atoms with Gasteiger partial charge in [-0.25, -0.2) is 0 Å². The Labute approximate surface area is 105 Å². The molecule has 1 unspecified atom stereocenters. The molecule has 1 aromatic heterocycles. The largest absolute Gasteiger partial charge is 0.312 e. The summed E-state index contributed by atoms with van der Waals surface area (Å²) in [6.07, 6.45) is 11.5. The van der Waals surface area contributed by atoms with Gasteiger partial charge in [0.25, 0.3) is 0 Å². The fraction of sp³-hybridized carbons (Fsp3) is 0.714. The lowest BCUT2D eigenvalue weighted by Gasteiger charge is -2.15. The van der Waals surface area contributed by atoms with Crippen LogP contribution in [-0.4, -0.2) is 17.0 Å². The molecule has 0 aromatic carbocycles. The average molecular weight is 235 g/mol. The van der Waals surface area contributed by atoms with Gasteiger partial charge in [0.1, 0.15) is 0 Å². The van der Waals surface area contributed by atoms with E-state index in [4.69, 9.17) is 0 Å². The highest BCUT2D eigenvalue weighted by molar-refractivity contribution is 5.05. The SMILES string of the molecule is CCCCCCCC(NC)c1cnc(C)cn1. The summed E-state index contributed by atoms with van der Waals surface area (Å²) < 4.78 is 0. The highest BCUT2D eigenvalue weighted by Crippen LogP contribution is 2.17. The predicted molar refractivity (Wildman–Crippen MR) is 71.9 cm³/mol. The molecule has 0 aliphatic carbocycles. The van der Waals surface area contributed by atoms with Gasteiger partial charge in [0, 0.05) is 6.20 Å². The quantitative estimate of drug-likeness (QED) is 0.702. The summed E-state index contributed by atoms with van der Waals surface area (Å²) in [5.74, 6) is 0. The van der Waals surface area contributed by atoms with Crippen LogP contribution in [0, 0.1) is 6.92 Å². The van der Waals surface area contributed by atoms with E-state index in [9.17, 15) is 0 Å². The lowest BCUT2D eigenvalue weighted by atomic mass is 10.0. The van der Waals surface area contributed by atoms with Crippen molar-refractivity contribution in [2.24, 2.45) is 0 Å². The van der Waals surface area contributed by atoms with Gasteiger partial charge in [-0.15, -0.1) is 0 Å². The zero-order valence-corrected chi connectivity index (χ0v) is 11.4. The molecule has 0 saturated carbocycles. The molecule has 3 nitrogen and oxygen atoms in total. The number of aryl methyl sites for hydroxylation is 1. The van der Waals surface area contributed by atoms with Crippen molar-refractivity contribution < 1.29 is 0 Å². The Morgan fingerprint density at radius 2 is 1.88 bits per heavy atom. The molecule has 0 amide bonds. The van der Waals surface area contributed by atoms with E-state index in [1.807, 2.05) is 26.4 Å². The summed E-state index contributed by atoms with van der Waals surface area (Å²) in [6, 6.07) is 0.352. The van der Waals surface area contributed by atoms with Crippen molar-refractivity contribution in [2.45, 2.75) is 58.4 Å². The normalized spacial score (nSPS) is 12.6. The average Bonchev–Trinajstić information content (AvgIpc) is 2.35. The van der Waals surface area contributed by atoms with Crippen molar-refractivity contribution in [2.75, 3.05) is 7.05 Å². The van der Waals surface area contributed by atoms with E-state index in [-0.39, 0.29) is 0 Å². The highest BCUT2D eigenvalue weighted by atomic mass is 14.9. The zero-order valence-electron chi connectivity index (χ0n) is 11.4. The fourth-order valence-corrected chi connectivity index (χ4v) is 1.97. The topological polar surface area (TPSA) is 37.8 Å². The van der Waals surface area contributed by atoms with Crippen LogP contribution in [0.2, 0.25) is 0 Å². The second-order valence-electron chi connectivity index (χ2n) is 4.63. The van der Waals surface area contributed by atoms with Crippen LogP contribution in [0.5, 0.6) is 0 Å². The molecule has 0 radical (unpaired) electrons. The molecule has 1 heterocycles. The first-order valence-electron chi connectivity index (χ1n) is 6.73. The number of rotatable bonds is 8. The molecular formula is C14H25N3. The van der Waals surface area contributed by atoms with Crippen molar-refractivity contribution in [1.29, 1.82) is 0 Å². The van der Waals surface area contributed by atoms with Crippen molar-refractivity contribution >= 4 is 0 Å². The number of hydrogen-bond acceptors (Lipinski definition) is 3. The van der Waals surface area contributed by atoms with Crippen molar-refractivity contribution in [3.63, 3.8) is 0 Å². The zero-order chi connectivity index (χ0) is 12.5. The molecule has 1 atom stereocenters.